The normalized spacial score (nSPS) is 30.6. The van der Waals surface area contributed by atoms with Crippen LogP contribution in [0.25, 0.3) is 0 Å². The Balaban J connectivity index is 1.40. The first-order chi connectivity index (χ1) is 31.2. The number of rotatable bonds is 13. The third-order valence-corrected chi connectivity index (χ3v) is 14.0. The third-order valence-electron chi connectivity index (χ3n) is 14.0. The highest BCUT2D eigenvalue weighted by atomic mass is 16.6. The predicted octanol–water partition coefficient (Wildman–Crippen LogP) is 3.58. The Morgan fingerprint density at radius 2 is 1.44 bits per heavy atom. The molecule has 350 valence electrons. The van der Waals surface area contributed by atoms with Gasteiger partial charge >= 0.3 is 29.8 Å². The lowest BCUT2D eigenvalue weighted by Crippen LogP contribution is -2.82. The topological polar surface area (TPSA) is 259 Å². The molecule has 11 atom stereocenters. The molecule has 7 rings (SSSR count). The van der Waals surface area contributed by atoms with Crippen molar-refractivity contribution in [1.82, 2.24) is 5.32 Å². The SMILES string of the molecule is CC(=O)O[C@@]12CO[C@@H]1C[C@H](O)[C@@]1(C)C(=O)[C@H](OC(=O)CCC(=O)O)C3=C(C)[C@@H](OC(=O)[C@H](O)[C@@H](NC(=O)c4ccccc4)c4ccccc4)C[C@@](O)(C(OC(=O)c4ccccc4)C12)C3(C)C. The molecule has 2 bridgehead atoms. The zero-order valence-corrected chi connectivity index (χ0v) is 37.0. The molecule has 1 aliphatic heterocycles. The molecular weight excluding hydrogens is 859 g/mol. The molecule has 17 nitrogen and oxygen atoms in total. The molecule has 3 aromatic carbocycles. The summed E-state index contributed by atoms with van der Waals surface area (Å²) in [5, 5.41) is 49.9. The molecule has 3 aliphatic carbocycles. The van der Waals surface area contributed by atoms with Crippen LogP contribution in [-0.2, 0) is 47.7 Å². The molecule has 2 saturated carbocycles. The number of benzene rings is 3. The van der Waals surface area contributed by atoms with Crippen molar-refractivity contribution in [3.63, 3.8) is 0 Å². The number of carbonyl (C=O) groups is 7. The molecule has 1 saturated heterocycles. The minimum absolute atomic E-state index is 0.0249. The van der Waals surface area contributed by atoms with Gasteiger partial charge in [-0.2, -0.15) is 0 Å². The van der Waals surface area contributed by atoms with E-state index < -0.39 is 131 Å². The highest BCUT2D eigenvalue weighted by molar-refractivity contribution is 5.96. The van der Waals surface area contributed by atoms with Gasteiger partial charge in [0.2, 0.25) is 0 Å². The Labute approximate surface area is 380 Å². The van der Waals surface area contributed by atoms with Crippen LogP contribution < -0.4 is 5.32 Å². The van der Waals surface area contributed by atoms with Crippen molar-refractivity contribution < 1.29 is 77.7 Å². The van der Waals surface area contributed by atoms with E-state index in [0.29, 0.717) is 5.56 Å². The number of nitrogens with one attached hydrogen (secondary N) is 1. The summed E-state index contributed by atoms with van der Waals surface area (Å²) in [4.78, 5) is 96.2. The van der Waals surface area contributed by atoms with E-state index in [1.807, 2.05) is 0 Å². The summed E-state index contributed by atoms with van der Waals surface area (Å²) in [6, 6.07) is 22.5. The molecule has 0 aromatic heterocycles. The minimum atomic E-state index is -2.49. The quantitative estimate of drug-likeness (QED) is 0.0933. The summed E-state index contributed by atoms with van der Waals surface area (Å²) in [6.45, 7) is 6.52. The molecule has 1 heterocycles. The lowest BCUT2D eigenvalue weighted by Gasteiger charge is -2.67. The predicted molar refractivity (Wildman–Crippen MR) is 229 cm³/mol. The van der Waals surface area contributed by atoms with Crippen LogP contribution in [-0.4, -0.2) is 116 Å². The van der Waals surface area contributed by atoms with Crippen LogP contribution in [0.3, 0.4) is 0 Å². The Morgan fingerprint density at radius 3 is 2.00 bits per heavy atom. The maximum atomic E-state index is 15.7. The van der Waals surface area contributed by atoms with Gasteiger partial charge in [-0.25, -0.2) is 9.59 Å². The van der Waals surface area contributed by atoms with Crippen LogP contribution in [0, 0.1) is 16.7 Å². The maximum absolute atomic E-state index is 15.7. The zero-order chi connectivity index (χ0) is 47.9. The molecular formula is C49H53NO16. The Kier molecular flexibility index (Phi) is 13.1. The first-order valence-electron chi connectivity index (χ1n) is 21.6. The number of amides is 1. The van der Waals surface area contributed by atoms with E-state index >= 15 is 4.79 Å². The van der Waals surface area contributed by atoms with E-state index in [9.17, 15) is 49.2 Å². The summed E-state index contributed by atoms with van der Waals surface area (Å²) in [6.07, 6.45) is -12.6. The molecule has 3 aromatic rings. The monoisotopic (exact) mass is 911 g/mol. The molecule has 3 fully saturated rings. The number of ketones is 1. The van der Waals surface area contributed by atoms with Gasteiger partial charge in [-0.05, 0) is 54.8 Å². The molecule has 4 aliphatic rings. The van der Waals surface area contributed by atoms with Crippen LogP contribution in [0.2, 0.25) is 0 Å². The Morgan fingerprint density at radius 1 is 0.848 bits per heavy atom. The molecule has 5 N–H and O–H groups in total. The summed E-state index contributed by atoms with van der Waals surface area (Å²) >= 11 is 0. The van der Waals surface area contributed by atoms with E-state index in [0.717, 1.165) is 6.92 Å². The number of ether oxygens (including phenoxy) is 5. The average Bonchev–Trinajstić information content (AvgIpc) is 3.28. The number of esters is 4. The summed E-state index contributed by atoms with van der Waals surface area (Å²) < 4.78 is 30.4. The number of Topliss-reactive ketones (excluding diaryl/α,β-unsaturated/α-hetero) is 1. The number of carboxylic acid groups (broad SMARTS) is 1. The van der Waals surface area contributed by atoms with Gasteiger partial charge < -0.3 is 49.4 Å². The van der Waals surface area contributed by atoms with E-state index in [1.54, 1.807) is 78.9 Å². The average molecular weight is 912 g/mol. The number of carbonyl (C=O) groups excluding carboxylic acids is 6. The highest BCUT2D eigenvalue weighted by Crippen LogP contribution is 2.64. The van der Waals surface area contributed by atoms with Crippen molar-refractivity contribution in [3.8, 4) is 0 Å². The van der Waals surface area contributed by atoms with Crippen LogP contribution in [0.4, 0.5) is 0 Å². The first kappa shape index (κ1) is 47.7. The molecule has 0 spiro atoms. The van der Waals surface area contributed by atoms with Gasteiger partial charge in [0.05, 0.1) is 48.5 Å². The largest absolute Gasteiger partial charge is 0.481 e. The van der Waals surface area contributed by atoms with Crippen molar-refractivity contribution in [2.75, 3.05) is 6.61 Å². The number of hydrogen-bond acceptors (Lipinski definition) is 15. The van der Waals surface area contributed by atoms with Crippen LogP contribution in [0.15, 0.2) is 102 Å². The van der Waals surface area contributed by atoms with Crippen molar-refractivity contribution in [1.29, 1.82) is 0 Å². The number of aliphatic carboxylic acids is 1. The maximum Gasteiger partial charge on any atom is 0.338 e. The highest BCUT2D eigenvalue weighted by Gasteiger charge is 2.78. The fourth-order valence-corrected chi connectivity index (χ4v) is 10.4. The number of hydrogen-bond donors (Lipinski definition) is 5. The van der Waals surface area contributed by atoms with Crippen molar-refractivity contribution >= 4 is 41.5 Å². The Hall–Kier alpha value is -6.27. The number of aliphatic hydroxyl groups is 3. The third kappa shape index (κ3) is 8.29. The summed E-state index contributed by atoms with van der Waals surface area (Å²) in [5.41, 5.74) is -7.81. The van der Waals surface area contributed by atoms with Crippen molar-refractivity contribution in [2.45, 2.75) is 114 Å². The number of carboxylic acids is 1. The van der Waals surface area contributed by atoms with Gasteiger partial charge in [0, 0.05) is 30.7 Å². The van der Waals surface area contributed by atoms with Crippen molar-refractivity contribution in [2.24, 2.45) is 16.7 Å². The zero-order valence-electron chi connectivity index (χ0n) is 37.0. The van der Waals surface area contributed by atoms with Gasteiger partial charge in [-0.1, -0.05) is 80.6 Å². The van der Waals surface area contributed by atoms with Gasteiger partial charge in [-0.15, -0.1) is 0 Å². The van der Waals surface area contributed by atoms with Crippen LogP contribution >= 0.6 is 0 Å². The number of fused-ring (bicyclic) bond motifs is 5. The van der Waals surface area contributed by atoms with Gasteiger partial charge in [0.25, 0.3) is 5.91 Å². The van der Waals surface area contributed by atoms with Gasteiger partial charge in [0.1, 0.15) is 23.9 Å². The second-order valence-corrected chi connectivity index (χ2v) is 18.1. The van der Waals surface area contributed by atoms with E-state index in [-0.39, 0.29) is 35.3 Å². The molecule has 1 amide bonds. The minimum Gasteiger partial charge on any atom is -0.481 e. The number of aliphatic hydroxyl groups excluding tert-OH is 2. The smallest absolute Gasteiger partial charge is 0.338 e. The fourth-order valence-electron chi connectivity index (χ4n) is 10.4. The van der Waals surface area contributed by atoms with Gasteiger partial charge in [0.15, 0.2) is 23.6 Å². The Bertz CT molecular complexity index is 2420. The second-order valence-electron chi connectivity index (χ2n) is 18.1. The summed E-state index contributed by atoms with van der Waals surface area (Å²) in [5.74, 6) is -8.84. The van der Waals surface area contributed by atoms with E-state index in [4.69, 9.17) is 23.7 Å². The lowest BCUT2D eigenvalue weighted by molar-refractivity contribution is -0.346. The molecule has 17 heteroatoms. The first-order valence-corrected chi connectivity index (χ1v) is 21.6. The molecule has 0 radical (unpaired) electrons. The van der Waals surface area contributed by atoms with Crippen molar-refractivity contribution in [3.05, 3.63) is 119 Å². The molecule has 66 heavy (non-hydrogen) atoms. The van der Waals surface area contributed by atoms with E-state index in [2.05, 4.69) is 5.32 Å². The standard InChI is InChI=1S/C49H53NO16/c1-26-31(63-45(60)38(56)37(28-15-9-6-10-16-28)50-43(58)29-17-11-7-12-18-29)24-49(61)42(65-44(59)30-19-13-8-14-20-30)40-47(5,32(52)23-33-48(40,25-62-33)66-27(2)51)41(57)39(36(26)46(49,3)4)64-35(55)22-21-34(53)54/h6-20,31-33,37-40,42,52,56,61H,21-25H2,1-5H3,(H,50,58)(H,53,54)/t31-,32-,33+,37-,38+,39+,40?,42?,47+,48-,49+/m0/s1. The lowest BCUT2D eigenvalue weighted by atomic mass is 9.44. The van der Waals surface area contributed by atoms with Crippen LogP contribution in [0.5, 0.6) is 0 Å². The fraction of sp³-hybridized carbons (Fsp3) is 0.449. The summed E-state index contributed by atoms with van der Waals surface area (Å²) in [7, 11) is 0. The van der Waals surface area contributed by atoms with Crippen LogP contribution in [0.1, 0.15) is 92.6 Å². The van der Waals surface area contributed by atoms with E-state index in [1.165, 1.54) is 39.8 Å². The second kappa shape index (κ2) is 18.2. The van der Waals surface area contributed by atoms with Gasteiger partial charge in [-0.3, -0.25) is 24.0 Å². The molecule has 2 unspecified atom stereocenters.